The average molecular weight is 465 g/mol. The summed E-state index contributed by atoms with van der Waals surface area (Å²) < 4.78 is 31.7. The molecule has 33 heavy (non-hydrogen) atoms. The first kappa shape index (κ1) is 22.3. The van der Waals surface area contributed by atoms with Gasteiger partial charge in [-0.2, -0.15) is 0 Å². The van der Waals surface area contributed by atoms with Crippen LogP contribution in [-0.2, 0) is 24.1 Å². The fourth-order valence-electron chi connectivity index (χ4n) is 3.75. The molecule has 1 heterocycles. The summed E-state index contributed by atoms with van der Waals surface area (Å²) in [5, 5.41) is 2.79. The van der Waals surface area contributed by atoms with E-state index < -0.39 is 15.9 Å². The van der Waals surface area contributed by atoms with Crippen LogP contribution in [0.2, 0.25) is 0 Å². The number of amides is 1. The number of aromatic nitrogens is 2. The lowest BCUT2D eigenvalue weighted by atomic mass is 10.1. The number of anilines is 2. The van der Waals surface area contributed by atoms with Gasteiger partial charge in [0.2, 0.25) is 0 Å². The van der Waals surface area contributed by atoms with E-state index >= 15 is 0 Å². The molecule has 170 valence electrons. The van der Waals surface area contributed by atoms with Gasteiger partial charge in [-0.25, -0.2) is 13.2 Å². The number of imidazole rings is 1. The Hall–Kier alpha value is -3.85. The zero-order chi connectivity index (χ0) is 23.9. The van der Waals surface area contributed by atoms with E-state index in [1.165, 1.54) is 9.13 Å². The number of rotatable bonds is 5. The maximum atomic E-state index is 13.1. The summed E-state index contributed by atoms with van der Waals surface area (Å²) in [6.07, 6.45) is 0. The Morgan fingerprint density at radius 2 is 1.58 bits per heavy atom. The molecule has 9 heteroatoms. The van der Waals surface area contributed by atoms with Crippen LogP contribution in [0.15, 0.2) is 70.4 Å². The number of para-hydroxylation sites is 1. The van der Waals surface area contributed by atoms with Crippen LogP contribution in [0.4, 0.5) is 11.4 Å². The van der Waals surface area contributed by atoms with Crippen molar-refractivity contribution >= 4 is 38.3 Å². The summed E-state index contributed by atoms with van der Waals surface area (Å²) >= 11 is 0. The molecule has 2 N–H and O–H groups in total. The summed E-state index contributed by atoms with van der Waals surface area (Å²) in [6.45, 7) is 3.54. The highest BCUT2D eigenvalue weighted by Crippen LogP contribution is 2.24. The van der Waals surface area contributed by atoms with Gasteiger partial charge in [-0.05, 0) is 61.4 Å². The van der Waals surface area contributed by atoms with Crippen molar-refractivity contribution in [3.8, 4) is 0 Å². The third-order valence-electron chi connectivity index (χ3n) is 5.58. The van der Waals surface area contributed by atoms with Gasteiger partial charge < -0.3 is 5.32 Å². The van der Waals surface area contributed by atoms with E-state index in [2.05, 4.69) is 10.0 Å². The van der Waals surface area contributed by atoms with E-state index in [0.717, 1.165) is 11.1 Å². The van der Waals surface area contributed by atoms with Crippen molar-refractivity contribution in [3.63, 3.8) is 0 Å². The van der Waals surface area contributed by atoms with Gasteiger partial charge in [0, 0.05) is 19.8 Å². The molecule has 0 aliphatic carbocycles. The molecule has 0 saturated carbocycles. The topological polar surface area (TPSA) is 102 Å². The molecule has 1 amide bonds. The largest absolute Gasteiger partial charge is 0.328 e. The second-order valence-electron chi connectivity index (χ2n) is 7.98. The molecular weight excluding hydrogens is 440 g/mol. The summed E-state index contributed by atoms with van der Waals surface area (Å²) in [7, 11) is -0.561. The monoisotopic (exact) mass is 464 g/mol. The fourth-order valence-corrected chi connectivity index (χ4v) is 5.16. The lowest BCUT2D eigenvalue weighted by molar-refractivity contribution is 0.102. The van der Waals surface area contributed by atoms with Crippen molar-refractivity contribution in [1.82, 2.24) is 9.13 Å². The molecule has 3 aromatic carbocycles. The molecule has 0 spiro atoms. The first-order chi connectivity index (χ1) is 15.6. The normalized spacial score (nSPS) is 11.5. The van der Waals surface area contributed by atoms with E-state index in [1.54, 1.807) is 75.6 Å². The zero-order valence-electron chi connectivity index (χ0n) is 18.7. The maximum absolute atomic E-state index is 13.1. The highest BCUT2D eigenvalue weighted by Gasteiger charge is 2.21. The van der Waals surface area contributed by atoms with Gasteiger partial charge >= 0.3 is 5.69 Å². The highest BCUT2D eigenvalue weighted by atomic mass is 32.2. The molecule has 8 nitrogen and oxygen atoms in total. The molecule has 4 rings (SSSR count). The van der Waals surface area contributed by atoms with Gasteiger partial charge in [-0.15, -0.1) is 0 Å². The van der Waals surface area contributed by atoms with E-state index in [9.17, 15) is 18.0 Å². The number of sulfonamides is 1. The van der Waals surface area contributed by atoms with Crippen LogP contribution in [0, 0.1) is 13.8 Å². The highest BCUT2D eigenvalue weighted by molar-refractivity contribution is 7.92. The second-order valence-corrected chi connectivity index (χ2v) is 9.63. The van der Waals surface area contributed by atoms with Crippen molar-refractivity contribution in [2.45, 2.75) is 18.7 Å². The van der Waals surface area contributed by atoms with Gasteiger partial charge in [0.05, 0.1) is 27.2 Å². The minimum Gasteiger partial charge on any atom is -0.322 e. The van der Waals surface area contributed by atoms with Gasteiger partial charge in [0.25, 0.3) is 15.9 Å². The summed E-state index contributed by atoms with van der Waals surface area (Å²) in [4.78, 5) is 25.4. The Morgan fingerprint density at radius 1 is 0.879 bits per heavy atom. The van der Waals surface area contributed by atoms with E-state index in [-0.39, 0.29) is 21.8 Å². The molecule has 4 aromatic rings. The van der Waals surface area contributed by atoms with Gasteiger partial charge in [0.1, 0.15) is 0 Å². The number of hydrogen-bond donors (Lipinski definition) is 2. The van der Waals surface area contributed by atoms with E-state index in [1.807, 2.05) is 13.0 Å². The third-order valence-corrected chi connectivity index (χ3v) is 7.09. The first-order valence-electron chi connectivity index (χ1n) is 10.2. The second kappa shape index (κ2) is 8.25. The van der Waals surface area contributed by atoms with Crippen LogP contribution in [0.1, 0.15) is 21.5 Å². The van der Waals surface area contributed by atoms with Gasteiger partial charge in [-0.3, -0.25) is 18.7 Å². The summed E-state index contributed by atoms with van der Waals surface area (Å²) in [6, 6.07) is 16.7. The lowest BCUT2D eigenvalue weighted by Gasteiger charge is -2.14. The first-order valence-corrected chi connectivity index (χ1v) is 11.7. The van der Waals surface area contributed by atoms with Crippen molar-refractivity contribution in [2.75, 3.05) is 10.0 Å². The Bertz CT molecular complexity index is 1570. The van der Waals surface area contributed by atoms with Crippen LogP contribution in [0.25, 0.3) is 11.0 Å². The SMILES string of the molecule is Cc1ccc(C)c(S(=O)(=O)Nc2ccccc2C(=O)Nc2ccc3c(c2)n(C)c(=O)n3C)c1. The van der Waals surface area contributed by atoms with Crippen LogP contribution < -0.4 is 15.7 Å². The molecule has 0 unspecified atom stereocenters. The van der Waals surface area contributed by atoms with Crippen molar-refractivity contribution in [3.05, 3.63) is 87.8 Å². The van der Waals surface area contributed by atoms with Crippen LogP contribution >= 0.6 is 0 Å². The van der Waals surface area contributed by atoms with Crippen LogP contribution in [0.3, 0.4) is 0 Å². The number of benzene rings is 3. The van der Waals surface area contributed by atoms with Crippen molar-refractivity contribution < 1.29 is 13.2 Å². The number of nitrogens with one attached hydrogen (secondary N) is 2. The van der Waals surface area contributed by atoms with Crippen molar-refractivity contribution in [2.24, 2.45) is 14.1 Å². The molecule has 0 atom stereocenters. The standard InChI is InChI=1S/C24H24N4O4S/c1-15-9-10-16(2)22(13-15)33(31,32)26-19-8-6-5-7-18(19)23(29)25-17-11-12-20-21(14-17)28(4)24(30)27(20)3/h5-14,26H,1-4H3,(H,25,29). The van der Waals surface area contributed by atoms with Crippen molar-refractivity contribution in [1.29, 1.82) is 0 Å². The Kier molecular flexibility index (Phi) is 5.59. The molecule has 0 aliphatic heterocycles. The number of carbonyl (C=O) groups is 1. The quantitative estimate of drug-likeness (QED) is 0.472. The minimum atomic E-state index is -3.90. The smallest absolute Gasteiger partial charge is 0.322 e. The predicted molar refractivity (Wildman–Crippen MR) is 129 cm³/mol. The number of fused-ring (bicyclic) bond motifs is 1. The number of hydrogen-bond acceptors (Lipinski definition) is 4. The van der Waals surface area contributed by atoms with E-state index in [0.29, 0.717) is 16.8 Å². The van der Waals surface area contributed by atoms with E-state index in [4.69, 9.17) is 0 Å². The predicted octanol–water partition coefficient (Wildman–Crippen LogP) is 3.55. The maximum Gasteiger partial charge on any atom is 0.328 e. The summed E-state index contributed by atoms with van der Waals surface area (Å²) in [5.41, 5.74) is 3.50. The minimum absolute atomic E-state index is 0.160. The zero-order valence-corrected chi connectivity index (χ0v) is 19.5. The van der Waals surface area contributed by atoms with Gasteiger partial charge in [-0.1, -0.05) is 24.3 Å². The Morgan fingerprint density at radius 3 is 2.33 bits per heavy atom. The third kappa shape index (κ3) is 4.14. The van der Waals surface area contributed by atoms with Crippen LogP contribution in [0.5, 0.6) is 0 Å². The van der Waals surface area contributed by atoms with Gasteiger partial charge in [0.15, 0.2) is 0 Å². The molecule has 0 fully saturated rings. The number of aryl methyl sites for hydroxylation is 4. The average Bonchev–Trinajstić information content (AvgIpc) is 2.99. The fraction of sp³-hybridized carbons (Fsp3) is 0.167. The lowest BCUT2D eigenvalue weighted by Crippen LogP contribution is -2.19. The van der Waals surface area contributed by atoms with Crippen LogP contribution in [-0.4, -0.2) is 23.5 Å². The molecule has 0 radical (unpaired) electrons. The molecule has 0 saturated heterocycles. The summed E-state index contributed by atoms with van der Waals surface area (Å²) in [5.74, 6) is -0.477. The molecular formula is C24H24N4O4S. The Balaban J connectivity index is 1.65. The molecule has 1 aromatic heterocycles. The number of carbonyl (C=O) groups excluding carboxylic acids is 1. The molecule has 0 bridgehead atoms. The molecule has 0 aliphatic rings. The Labute approximate surface area is 191 Å². The number of nitrogens with zero attached hydrogens (tertiary/aromatic N) is 2.